The minimum atomic E-state index is -4.48. The molecular formula is C20H18F4N2O4S. The van der Waals surface area contributed by atoms with Crippen molar-refractivity contribution in [2.75, 3.05) is 23.0 Å². The highest BCUT2D eigenvalue weighted by Crippen LogP contribution is 2.29. The third-order valence-electron chi connectivity index (χ3n) is 3.77. The fourth-order valence-corrected chi connectivity index (χ4v) is 2.87. The summed E-state index contributed by atoms with van der Waals surface area (Å²) in [5, 5.41) is 4.10. The Kier molecular flexibility index (Phi) is 8.43. The third-order valence-corrected chi connectivity index (χ3v) is 4.89. The second-order valence-corrected chi connectivity index (χ2v) is 7.57. The molecule has 2 amide bonds. The van der Waals surface area contributed by atoms with Crippen LogP contribution in [0.25, 0.3) is 0 Å². The largest absolute Gasteiger partial charge is 0.455 e. The zero-order chi connectivity index (χ0) is 23.0. The summed E-state index contributed by atoms with van der Waals surface area (Å²) in [6, 6.07) is 8.98. The second-order valence-electron chi connectivity index (χ2n) is 6.24. The molecule has 31 heavy (non-hydrogen) atoms. The maximum atomic E-state index is 12.8. The Balaban J connectivity index is 1.71. The highest BCUT2D eigenvalue weighted by Gasteiger charge is 2.30. The Bertz CT molecular complexity index is 918. The van der Waals surface area contributed by atoms with Gasteiger partial charge < -0.3 is 15.4 Å². The number of rotatable bonds is 8. The van der Waals surface area contributed by atoms with Crippen LogP contribution in [0.1, 0.15) is 12.5 Å². The number of alkyl halides is 3. The van der Waals surface area contributed by atoms with E-state index in [1.165, 1.54) is 31.2 Å². The molecule has 0 aliphatic heterocycles. The summed E-state index contributed by atoms with van der Waals surface area (Å²) in [5.74, 6) is -2.38. The van der Waals surface area contributed by atoms with Crippen molar-refractivity contribution in [1.82, 2.24) is 0 Å². The number of anilines is 2. The number of nitrogens with one attached hydrogen (secondary N) is 2. The van der Waals surface area contributed by atoms with Gasteiger partial charge in [0.05, 0.1) is 11.3 Å². The molecule has 2 aromatic carbocycles. The van der Waals surface area contributed by atoms with E-state index in [1.54, 1.807) is 0 Å². The molecule has 1 unspecified atom stereocenters. The monoisotopic (exact) mass is 458 g/mol. The average Bonchev–Trinajstić information content (AvgIpc) is 2.71. The topological polar surface area (TPSA) is 84.5 Å². The van der Waals surface area contributed by atoms with Crippen LogP contribution in [-0.4, -0.2) is 35.4 Å². The molecule has 166 valence electrons. The summed E-state index contributed by atoms with van der Waals surface area (Å²) in [6.07, 6.45) is -4.48. The number of carbonyl (C=O) groups is 3. The van der Waals surface area contributed by atoms with Gasteiger partial charge in [0.1, 0.15) is 11.1 Å². The molecule has 0 saturated heterocycles. The standard InChI is InChI=1S/C20H18F4N2O4S/c1-12(31-11-18(28)26-16-8-4-14(21)5-9-16)19(29)30-10-17(27)25-15-6-2-13(3-7-15)20(22,23)24/h2-9,12H,10-11H2,1H3,(H,25,27)(H,26,28). The molecular weight excluding hydrogens is 440 g/mol. The van der Waals surface area contributed by atoms with Crippen molar-refractivity contribution in [3.8, 4) is 0 Å². The van der Waals surface area contributed by atoms with Gasteiger partial charge >= 0.3 is 12.1 Å². The molecule has 2 N–H and O–H groups in total. The van der Waals surface area contributed by atoms with Crippen molar-refractivity contribution >= 4 is 40.9 Å². The third kappa shape index (κ3) is 8.28. The lowest BCUT2D eigenvalue weighted by Crippen LogP contribution is -2.26. The average molecular weight is 458 g/mol. The van der Waals surface area contributed by atoms with Crippen molar-refractivity contribution < 1.29 is 36.7 Å². The normalized spacial score (nSPS) is 12.0. The lowest BCUT2D eigenvalue weighted by molar-refractivity contribution is -0.146. The van der Waals surface area contributed by atoms with Gasteiger partial charge in [-0.2, -0.15) is 13.2 Å². The summed E-state index contributed by atoms with van der Waals surface area (Å²) in [7, 11) is 0. The first-order valence-corrected chi connectivity index (χ1v) is 9.90. The number of carbonyl (C=O) groups excluding carboxylic acids is 3. The minimum absolute atomic E-state index is 0.0780. The number of esters is 1. The molecule has 0 heterocycles. The molecule has 0 aromatic heterocycles. The van der Waals surface area contributed by atoms with E-state index in [9.17, 15) is 31.9 Å². The molecule has 0 radical (unpaired) electrons. The second kappa shape index (κ2) is 10.8. The van der Waals surface area contributed by atoms with Gasteiger partial charge in [-0.3, -0.25) is 14.4 Å². The van der Waals surface area contributed by atoms with E-state index in [4.69, 9.17) is 4.74 Å². The van der Waals surface area contributed by atoms with E-state index in [0.29, 0.717) is 5.69 Å². The van der Waals surface area contributed by atoms with Gasteiger partial charge in [0.15, 0.2) is 6.61 Å². The number of hydrogen-bond donors (Lipinski definition) is 2. The van der Waals surface area contributed by atoms with E-state index in [0.717, 1.165) is 36.0 Å². The smallest absolute Gasteiger partial charge is 0.416 e. The molecule has 0 spiro atoms. The fourth-order valence-electron chi connectivity index (χ4n) is 2.19. The summed E-state index contributed by atoms with van der Waals surface area (Å²) >= 11 is 0.976. The van der Waals surface area contributed by atoms with Crippen LogP contribution in [0.2, 0.25) is 0 Å². The van der Waals surface area contributed by atoms with Gasteiger partial charge in [-0.05, 0) is 55.5 Å². The molecule has 2 aromatic rings. The quantitative estimate of drug-likeness (QED) is 0.460. The summed E-state index contributed by atoms with van der Waals surface area (Å²) in [6.45, 7) is 0.860. The number of benzene rings is 2. The summed E-state index contributed by atoms with van der Waals surface area (Å²) in [5.41, 5.74) is -0.331. The first-order valence-electron chi connectivity index (χ1n) is 8.85. The highest BCUT2D eigenvalue weighted by molar-refractivity contribution is 8.01. The lowest BCUT2D eigenvalue weighted by Gasteiger charge is -2.12. The van der Waals surface area contributed by atoms with E-state index >= 15 is 0 Å². The molecule has 0 aliphatic rings. The van der Waals surface area contributed by atoms with E-state index in [-0.39, 0.29) is 11.4 Å². The number of ether oxygens (including phenoxy) is 1. The van der Waals surface area contributed by atoms with Crippen LogP contribution in [0.4, 0.5) is 28.9 Å². The van der Waals surface area contributed by atoms with Gasteiger partial charge in [0.25, 0.3) is 5.91 Å². The van der Waals surface area contributed by atoms with Crippen LogP contribution in [0.3, 0.4) is 0 Å². The van der Waals surface area contributed by atoms with Crippen molar-refractivity contribution in [2.45, 2.75) is 18.3 Å². The summed E-state index contributed by atoms with van der Waals surface area (Å²) < 4.78 is 55.2. The van der Waals surface area contributed by atoms with Gasteiger partial charge in [0.2, 0.25) is 5.91 Å². The minimum Gasteiger partial charge on any atom is -0.455 e. The van der Waals surface area contributed by atoms with Gasteiger partial charge in [-0.25, -0.2) is 4.39 Å². The molecule has 2 rings (SSSR count). The van der Waals surface area contributed by atoms with Crippen LogP contribution >= 0.6 is 11.8 Å². The lowest BCUT2D eigenvalue weighted by atomic mass is 10.2. The number of hydrogen-bond acceptors (Lipinski definition) is 5. The first-order chi connectivity index (χ1) is 14.5. The highest BCUT2D eigenvalue weighted by atomic mass is 32.2. The van der Waals surface area contributed by atoms with E-state index in [2.05, 4.69) is 10.6 Å². The van der Waals surface area contributed by atoms with Crippen molar-refractivity contribution in [2.24, 2.45) is 0 Å². The van der Waals surface area contributed by atoms with Gasteiger partial charge in [0, 0.05) is 11.4 Å². The molecule has 1 atom stereocenters. The molecule has 0 bridgehead atoms. The molecule has 0 aliphatic carbocycles. The number of halogens is 4. The maximum absolute atomic E-state index is 12.8. The SMILES string of the molecule is CC(SCC(=O)Nc1ccc(F)cc1)C(=O)OCC(=O)Nc1ccc(C(F)(F)F)cc1. The van der Waals surface area contributed by atoms with Gasteiger partial charge in [-0.1, -0.05) is 0 Å². The van der Waals surface area contributed by atoms with Crippen molar-refractivity contribution in [3.63, 3.8) is 0 Å². The predicted octanol–water partition coefficient (Wildman–Crippen LogP) is 4.09. The Labute approximate surface area is 179 Å². The zero-order valence-electron chi connectivity index (χ0n) is 16.2. The van der Waals surface area contributed by atoms with Crippen molar-refractivity contribution in [1.29, 1.82) is 0 Å². The zero-order valence-corrected chi connectivity index (χ0v) is 17.0. The Hall–Kier alpha value is -3.08. The predicted molar refractivity (Wildman–Crippen MR) is 108 cm³/mol. The van der Waals surface area contributed by atoms with Crippen LogP contribution in [0.5, 0.6) is 0 Å². The van der Waals surface area contributed by atoms with Crippen molar-refractivity contribution in [3.05, 3.63) is 59.9 Å². The Morgan fingerprint density at radius 3 is 2.00 bits per heavy atom. The van der Waals surface area contributed by atoms with Crippen LogP contribution in [-0.2, 0) is 25.3 Å². The number of thioether (sulfide) groups is 1. The first kappa shape index (κ1) is 24.2. The van der Waals surface area contributed by atoms with Gasteiger partial charge in [-0.15, -0.1) is 11.8 Å². The maximum Gasteiger partial charge on any atom is 0.416 e. The summed E-state index contributed by atoms with van der Waals surface area (Å²) in [4.78, 5) is 35.6. The van der Waals surface area contributed by atoms with Crippen LogP contribution < -0.4 is 10.6 Å². The fraction of sp³-hybridized carbons (Fsp3) is 0.250. The van der Waals surface area contributed by atoms with Crippen LogP contribution in [0.15, 0.2) is 48.5 Å². The Morgan fingerprint density at radius 1 is 0.935 bits per heavy atom. The molecule has 0 fully saturated rings. The molecule has 0 saturated carbocycles. The van der Waals surface area contributed by atoms with E-state index in [1.807, 2.05) is 0 Å². The number of amides is 2. The molecule has 11 heteroatoms. The van der Waals surface area contributed by atoms with E-state index < -0.39 is 47.2 Å². The van der Waals surface area contributed by atoms with Crippen LogP contribution in [0, 0.1) is 5.82 Å². The Morgan fingerprint density at radius 2 is 1.45 bits per heavy atom. The molecule has 6 nitrogen and oxygen atoms in total.